The first-order valence-corrected chi connectivity index (χ1v) is 5.63. The maximum absolute atomic E-state index is 11.8. The molecule has 1 aromatic carbocycles. The minimum Gasteiger partial charge on any atom is -0.394 e. The average molecular weight is 219 g/mol. The van der Waals surface area contributed by atoms with Crippen molar-refractivity contribution in [2.75, 3.05) is 11.5 Å². The SMILES string of the molecule is Cc1ccc(N2C(=O)CCC2CO)cc1C. The third-order valence-electron chi connectivity index (χ3n) is 3.30. The Hall–Kier alpha value is -1.35. The maximum atomic E-state index is 11.8. The fraction of sp³-hybridized carbons (Fsp3) is 0.462. The molecular formula is C13H17NO2. The lowest BCUT2D eigenvalue weighted by atomic mass is 10.1. The second kappa shape index (κ2) is 4.26. The van der Waals surface area contributed by atoms with E-state index < -0.39 is 0 Å². The Labute approximate surface area is 95.7 Å². The van der Waals surface area contributed by atoms with Crippen LogP contribution >= 0.6 is 0 Å². The van der Waals surface area contributed by atoms with Crippen molar-refractivity contribution in [3.8, 4) is 0 Å². The number of rotatable bonds is 2. The zero-order valence-corrected chi connectivity index (χ0v) is 9.73. The summed E-state index contributed by atoms with van der Waals surface area (Å²) in [5.74, 6) is 0.113. The summed E-state index contributed by atoms with van der Waals surface area (Å²) >= 11 is 0. The summed E-state index contributed by atoms with van der Waals surface area (Å²) in [5.41, 5.74) is 3.30. The molecule has 1 amide bonds. The van der Waals surface area contributed by atoms with Gasteiger partial charge in [-0.15, -0.1) is 0 Å². The number of carbonyl (C=O) groups is 1. The topological polar surface area (TPSA) is 40.5 Å². The predicted octanol–water partition coefficient (Wildman–Crippen LogP) is 1.79. The molecule has 3 heteroatoms. The van der Waals surface area contributed by atoms with Crippen LogP contribution in [0.4, 0.5) is 5.69 Å². The second-order valence-corrected chi connectivity index (χ2v) is 4.41. The fourth-order valence-corrected chi connectivity index (χ4v) is 2.15. The van der Waals surface area contributed by atoms with Gasteiger partial charge in [0, 0.05) is 12.1 Å². The first kappa shape index (κ1) is 11.1. The zero-order valence-electron chi connectivity index (χ0n) is 9.73. The van der Waals surface area contributed by atoms with E-state index in [1.54, 1.807) is 4.90 Å². The molecule has 1 N–H and O–H groups in total. The van der Waals surface area contributed by atoms with Gasteiger partial charge in [0.15, 0.2) is 0 Å². The Kier molecular flexibility index (Phi) is 2.97. The maximum Gasteiger partial charge on any atom is 0.227 e. The first-order chi connectivity index (χ1) is 7.63. The van der Waals surface area contributed by atoms with Crippen molar-refractivity contribution in [2.24, 2.45) is 0 Å². The van der Waals surface area contributed by atoms with Gasteiger partial charge >= 0.3 is 0 Å². The Balaban J connectivity index is 2.35. The van der Waals surface area contributed by atoms with Crippen molar-refractivity contribution < 1.29 is 9.90 Å². The van der Waals surface area contributed by atoms with Crippen LogP contribution in [0.1, 0.15) is 24.0 Å². The van der Waals surface area contributed by atoms with E-state index in [-0.39, 0.29) is 18.6 Å². The van der Waals surface area contributed by atoms with Crippen LogP contribution in [0.3, 0.4) is 0 Å². The summed E-state index contributed by atoms with van der Waals surface area (Å²) in [6.45, 7) is 4.13. The van der Waals surface area contributed by atoms with Gasteiger partial charge in [-0.05, 0) is 43.5 Å². The van der Waals surface area contributed by atoms with Crippen LogP contribution in [-0.2, 0) is 4.79 Å². The van der Waals surface area contributed by atoms with Crippen LogP contribution in [-0.4, -0.2) is 23.7 Å². The number of aryl methyl sites for hydroxylation is 2. The van der Waals surface area contributed by atoms with Gasteiger partial charge < -0.3 is 10.0 Å². The monoisotopic (exact) mass is 219 g/mol. The molecular weight excluding hydrogens is 202 g/mol. The number of hydrogen-bond donors (Lipinski definition) is 1. The molecule has 86 valence electrons. The third-order valence-corrected chi connectivity index (χ3v) is 3.30. The van der Waals surface area contributed by atoms with Gasteiger partial charge in [-0.2, -0.15) is 0 Å². The highest BCUT2D eigenvalue weighted by Crippen LogP contribution is 2.27. The molecule has 1 aromatic rings. The Morgan fingerprint density at radius 2 is 2.12 bits per heavy atom. The van der Waals surface area contributed by atoms with Crippen molar-refractivity contribution in [3.05, 3.63) is 29.3 Å². The van der Waals surface area contributed by atoms with Crippen LogP contribution in [0.5, 0.6) is 0 Å². The number of amides is 1. The van der Waals surface area contributed by atoms with Gasteiger partial charge in [0.1, 0.15) is 0 Å². The molecule has 0 aromatic heterocycles. The second-order valence-electron chi connectivity index (χ2n) is 4.41. The van der Waals surface area contributed by atoms with Crippen LogP contribution in [0.2, 0.25) is 0 Å². The van der Waals surface area contributed by atoms with Gasteiger partial charge in [-0.3, -0.25) is 4.79 Å². The molecule has 1 saturated heterocycles. The molecule has 3 nitrogen and oxygen atoms in total. The van der Waals surface area contributed by atoms with Crippen molar-refractivity contribution in [1.29, 1.82) is 0 Å². The summed E-state index contributed by atoms with van der Waals surface area (Å²) in [6, 6.07) is 5.94. The quantitative estimate of drug-likeness (QED) is 0.823. The van der Waals surface area contributed by atoms with Gasteiger partial charge in [-0.25, -0.2) is 0 Å². The average Bonchev–Trinajstić information content (AvgIpc) is 2.64. The molecule has 0 aliphatic carbocycles. The summed E-state index contributed by atoms with van der Waals surface area (Å²) in [6.07, 6.45) is 1.29. The van der Waals surface area contributed by atoms with Crippen molar-refractivity contribution >= 4 is 11.6 Å². The van der Waals surface area contributed by atoms with E-state index >= 15 is 0 Å². The van der Waals surface area contributed by atoms with Crippen LogP contribution in [0.25, 0.3) is 0 Å². The van der Waals surface area contributed by atoms with Gasteiger partial charge in [0.05, 0.1) is 12.6 Å². The van der Waals surface area contributed by atoms with Gasteiger partial charge in [-0.1, -0.05) is 6.07 Å². The molecule has 0 spiro atoms. The van der Waals surface area contributed by atoms with E-state index in [0.717, 1.165) is 12.1 Å². The summed E-state index contributed by atoms with van der Waals surface area (Å²) in [7, 11) is 0. The summed E-state index contributed by atoms with van der Waals surface area (Å²) in [5, 5.41) is 9.25. The van der Waals surface area contributed by atoms with E-state index in [4.69, 9.17) is 0 Å². The molecule has 16 heavy (non-hydrogen) atoms. The summed E-state index contributed by atoms with van der Waals surface area (Å²) < 4.78 is 0. The fourth-order valence-electron chi connectivity index (χ4n) is 2.15. The molecule has 1 fully saturated rings. The number of benzene rings is 1. The molecule has 1 unspecified atom stereocenters. The number of nitrogens with zero attached hydrogens (tertiary/aromatic N) is 1. The lowest BCUT2D eigenvalue weighted by molar-refractivity contribution is -0.117. The highest BCUT2D eigenvalue weighted by atomic mass is 16.3. The molecule has 1 atom stereocenters. The number of anilines is 1. The minimum absolute atomic E-state index is 0.0403. The molecule has 0 radical (unpaired) electrons. The molecule has 1 aliphatic rings. The third kappa shape index (κ3) is 1.83. The standard InChI is InChI=1S/C13H17NO2/c1-9-3-4-11(7-10(9)2)14-12(8-15)5-6-13(14)16/h3-4,7,12,15H,5-6,8H2,1-2H3. The smallest absolute Gasteiger partial charge is 0.227 e. The van der Waals surface area contributed by atoms with E-state index in [9.17, 15) is 9.90 Å². The Morgan fingerprint density at radius 1 is 1.38 bits per heavy atom. The Bertz CT molecular complexity index is 414. The van der Waals surface area contributed by atoms with Gasteiger partial charge in [0.2, 0.25) is 5.91 Å². The number of aliphatic hydroxyl groups is 1. The highest BCUT2D eigenvalue weighted by molar-refractivity contribution is 5.96. The number of hydrogen-bond acceptors (Lipinski definition) is 2. The zero-order chi connectivity index (χ0) is 11.7. The van der Waals surface area contributed by atoms with Crippen molar-refractivity contribution in [3.63, 3.8) is 0 Å². The molecule has 1 heterocycles. The predicted molar refractivity (Wildman–Crippen MR) is 63.5 cm³/mol. The lowest BCUT2D eigenvalue weighted by Crippen LogP contribution is -2.35. The van der Waals surface area contributed by atoms with Crippen molar-refractivity contribution in [1.82, 2.24) is 0 Å². The molecule has 0 bridgehead atoms. The van der Waals surface area contributed by atoms with Crippen LogP contribution in [0.15, 0.2) is 18.2 Å². The normalized spacial score (nSPS) is 20.6. The van der Waals surface area contributed by atoms with Crippen LogP contribution < -0.4 is 4.90 Å². The Morgan fingerprint density at radius 3 is 2.75 bits per heavy atom. The highest BCUT2D eigenvalue weighted by Gasteiger charge is 2.31. The van der Waals surface area contributed by atoms with Crippen LogP contribution in [0, 0.1) is 13.8 Å². The molecule has 2 rings (SSSR count). The van der Waals surface area contributed by atoms with E-state index in [2.05, 4.69) is 6.92 Å². The van der Waals surface area contributed by atoms with Crippen molar-refractivity contribution in [2.45, 2.75) is 32.7 Å². The molecule has 0 saturated carbocycles. The van der Waals surface area contributed by atoms with E-state index in [1.165, 1.54) is 11.1 Å². The first-order valence-electron chi connectivity index (χ1n) is 5.63. The van der Waals surface area contributed by atoms with E-state index in [0.29, 0.717) is 6.42 Å². The lowest BCUT2D eigenvalue weighted by Gasteiger charge is -2.24. The minimum atomic E-state index is -0.0467. The van der Waals surface area contributed by atoms with Gasteiger partial charge in [0.25, 0.3) is 0 Å². The molecule has 1 aliphatic heterocycles. The number of aliphatic hydroxyl groups excluding tert-OH is 1. The number of carbonyl (C=O) groups excluding carboxylic acids is 1. The largest absolute Gasteiger partial charge is 0.394 e. The summed E-state index contributed by atoms with van der Waals surface area (Å²) in [4.78, 5) is 13.5. The van der Waals surface area contributed by atoms with E-state index in [1.807, 2.05) is 25.1 Å².